The first-order chi connectivity index (χ1) is 10.4. The van der Waals surface area contributed by atoms with Gasteiger partial charge in [0.25, 0.3) is 0 Å². The summed E-state index contributed by atoms with van der Waals surface area (Å²) in [5.74, 6) is -0.523. The Morgan fingerprint density at radius 2 is 2.09 bits per heavy atom. The quantitative estimate of drug-likeness (QED) is 0.826. The summed E-state index contributed by atoms with van der Waals surface area (Å²) in [6, 6.07) is 3.93. The summed E-state index contributed by atoms with van der Waals surface area (Å²) in [4.78, 5) is 24.8. The van der Waals surface area contributed by atoms with Gasteiger partial charge in [0.2, 0.25) is 0 Å². The second-order valence-electron chi connectivity index (χ2n) is 5.00. The SMILES string of the molecule is COC(=O)C(N)CC1COC(=O)N1Cc1cc(Cl)cc(Cl)c1. The molecule has 0 saturated carbocycles. The maximum absolute atomic E-state index is 11.9. The van der Waals surface area contributed by atoms with Crippen LogP contribution in [0.2, 0.25) is 10.0 Å². The van der Waals surface area contributed by atoms with Gasteiger partial charge >= 0.3 is 12.1 Å². The second kappa shape index (κ2) is 7.17. The summed E-state index contributed by atoms with van der Waals surface area (Å²) in [6.45, 7) is 0.454. The van der Waals surface area contributed by atoms with Gasteiger partial charge in [-0.2, -0.15) is 0 Å². The van der Waals surface area contributed by atoms with E-state index in [0.717, 1.165) is 5.56 Å². The second-order valence-corrected chi connectivity index (χ2v) is 5.87. The van der Waals surface area contributed by atoms with Crippen molar-refractivity contribution in [1.82, 2.24) is 4.90 Å². The molecule has 1 aliphatic heterocycles. The summed E-state index contributed by atoms with van der Waals surface area (Å²) >= 11 is 11.9. The smallest absolute Gasteiger partial charge is 0.410 e. The van der Waals surface area contributed by atoms with Crippen molar-refractivity contribution in [2.45, 2.75) is 25.0 Å². The zero-order valence-electron chi connectivity index (χ0n) is 11.9. The number of nitrogens with zero attached hydrogens (tertiary/aromatic N) is 1. The van der Waals surface area contributed by atoms with E-state index in [1.54, 1.807) is 18.2 Å². The van der Waals surface area contributed by atoms with Gasteiger partial charge in [-0.05, 0) is 30.2 Å². The Kier molecular flexibility index (Phi) is 5.50. The van der Waals surface area contributed by atoms with Crippen LogP contribution < -0.4 is 5.73 Å². The van der Waals surface area contributed by atoms with E-state index in [1.165, 1.54) is 12.0 Å². The summed E-state index contributed by atoms with van der Waals surface area (Å²) in [6.07, 6.45) is -0.203. The van der Waals surface area contributed by atoms with Crippen LogP contribution in [0.25, 0.3) is 0 Å². The average molecular weight is 347 g/mol. The van der Waals surface area contributed by atoms with Crippen LogP contribution >= 0.6 is 23.2 Å². The van der Waals surface area contributed by atoms with Gasteiger partial charge in [0, 0.05) is 16.6 Å². The lowest BCUT2D eigenvalue weighted by molar-refractivity contribution is -0.142. The van der Waals surface area contributed by atoms with Crippen LogP contribution in [-0.2, 0) is 20.8 Å². The minimum Gasteiger partial charge on any atom is -0.468 e. The molecule has 1 aromatic rings. The molecule has 1 aliphatic rings. The van der Waals surface area contributed by atoms with E-state index in [4.69, 9.17) is 33.7 Å². The molecule has 0 aliphatic carbocycles. The third-order valence-electron chi connectivity index (χ3n) is 3.38. The first kappa shape index (κ1) is 16.9. The summed E-state index contributed by atoms with van der Waals surface area (Å²) < 4.78 is 9.63. The highest BCUT2D eigenvalue weighted by Crippen LogP contribution is 2.24. The number of hydrogen-bond donors (Lipinski definition) is 1. The highest BCUT2D eigenvalue weighted by Gasteiger charge is 2.35. The van der Waals surface area contributed by atoms with Crippen molar-refractivity contribution in [1.29, 1.82) is 0 Å². The Balaban J connectivity index is 2.09. The molecule has 2 rings (SSSR count). The Bertz CT molecular complexity index is 562. The minimum atomic E-state index is -0.810. The summed E-state index contributed by atoms with van der Waals surface area (Å²) in [5.41, 5.74) is 6.52. The third-order valence-corrected chi connectivity index (χ3v) is 3.82. The predicted molar refractivity (Wildman–Crippen MR) is 81.7 cm³/mol. The lowest BCUT2D eigenvalue weighted by Crippen LogP contribution is -2.41. The van der Waals surface area contributed by atoms with Gasteiger partial charge in [-0.3, -0.25) is 9.69 Å². The monoisotopic (exact) mass is 346 g/mol. The highest BCUT2D eigenvalue weighted by molar-refractivity contribution is 6.34. The van der Waals surface area contributed by atoms with Gasteiger partial charge in [0.15, 0.2) is 0 Å². The fourth-order valence-electron chi connectivity index (χ4n) is 2.32. The topological polar surface area (TPSA) is 81.9 Å². The number of cyclic esters (lactones) is 1. The van der Waals surface area contributed by atoms with Gasteiger partial charge in [-0.15, -0.1) is 0 Å². The van der Waals surface area contributed by atoms with Crippen LogP contribution in [0.15, 0.2) is 18.2 Å². The fraction of sp³-hybridized carbons (Fsp3) is 0.429. The molecule has 0 spiro atoms. The molecule has 8 heteroatoms. The first-order valence-electron chi connectivity index (χ1n) is 6.62. The summed E-state index contributed by atoms with van der Waals surface area (Å²) in [5, 5.41) is 0.968. The van der Waals surface area contributed by atoms with Crippen molar-refractivity contribution in [2.24, 2.45) is 5.73 Å². The molecule has 2 N–H and O–H groups in total. The molecule has 0 radical (unpaired) electrons. The van der Waals surface area contributed by atoms with Crippen LogP contribution in [0, 0.1) is 0 Å². The van der Waals surface area contributed by atoms with E-state index in [2.05, 4.69) is 4.74 Å². The Hall–Kier alpha value is -1.50. The predicted octanol–water partition coefficient (Wildman–Crippen LogP) is 2.20. The maximum Gasteiger partial charge on any atom is 0.410 e. The third kappa shape index (κ3) is 4.03. The Morgan fingerprint density at radius 1 is 1.45 bits per heavy atom. The molecule has 0 aromatic heterocycles. The number of hydrogen-bond acceptors (Lipinski definition) is 5. The molecule has 1 aromatic carbocycles. The standard InChI is InChI=1S/C14H16Cl2N2O4/c1-21-13(19)12(17)5-11-7-22-14(20)18(11)6-8-2-9(15)4-10(16)3-8/h2-4,11-12H,5-7,17H2,1H3. The molecule has 1 amide bonds. The minimum absolute atomic E-state index is 0.178. The van der Waals surface area contributed by atoms with Crippen LogP contribution in [0.1, 0.15) is 12.0 Å². The van der Waals surface area contributed by atoms with Crippen LogP contribution in [-0.4, -0.2) is 42.8 Å². The van der Waals surface area contributed by atoms with Crippen molar-refractivity contribution in [2.75, 3.05) is 13.7 Å². The van der Waals surface area contributed by atoms with Crippen molar-refractivity contribution in [3.8, 4) is 0 Å². The van der Waals surface area contributed by atoms with Crippen molar-refractivity contribution >= 4 is 35.3 Å². The number of methoxy groups -OCH3 is 1. The molecule has 0 bridgehead atoms. The van der Waals surface area contributed by atoms with E-state index in [-0.39, 0.29) is 25.6 Å². The zero-order valence-corrected chi connectivity index (χ0v) is 13.4. The van der Waals surface area contributed by atoms with Crippen LogP contribution in [0.4, 0.5) is 4.79 Å². The molecule has 22 heavy (non-hydrogen) atoms. The first-order valence-corrected chi connectivity index (χ1v) is 7.38. The summed E-state index contributed by atoms with van der Waals surface area (Å²) in [7, 11) is 1.27. The van der Waals surface area contributed by atoms with Crippen molar-refractivity contribution < 1.29 is 19.1 Å². The lowest BCUT2D eigenvalue weighted by Gasteiger charge is -2.23. The highest BCUT2D eigenvalue weighted by atomic mass is 35.5. The van der Waals surface area contributed by atoms with Gasteiger partial charge in [0.1, 0.15) is 12.6 Å². The van der Waals surface area contributed by atoms with Crippen LogP contribution in [0.3, 0.4) is 0 Å². The van der Waals surface area contributed by atoms with E-state index in [1.807, 2.05) is 0 Å². The molecule has 1 saturated heterocycles. The number of rotatable bonds is 5. The van der Waals surface area contributed by atoms with Gasteiger partial charge < -0.3 is 15.2 Å². The van der Waals surface area contributed by atoms with E-state index >= 15 is 0 Å². The normalized spacial score (nSPS) is 19.0. The molecular weight excluding hydrogens is 331 g/mol. The molecule has 1 fully saturated rings. The Morgan fingerprint density at radius 3 is 2.68 bits per heavy atom. The van der Waals surface area contributed by atoms with Gasteiger partial charge in [-0.1, -0.05) is 23.2 Å². The van der Waals surface area contributed by atoms with Gasteiger partial charge in [0.05, 0.1) is 13.2 Å². The number of benzene rings is 1. The molecule has 120 valence electrons. The number of esters is 1. The molecule has 2 unspecified atom stereocenters. The molecule has 2 atom stereocenters. The maximum atomic E-state index is 11.9. The van der Waals surface area contributed by atoms with Crippen molar-refractivity contribution in [3.05, 3.63) is 33.8 Å². The van der Waals surface area contributed by atoms with E-state index < -0.39 is 18.1 Å². The number of halogens is 2. The van der Waals surface area contributed by atoms with Crippen LogP contribution in [0.5, 0.6) is 0 Å². The lowest BCUT2D eigenvalue weighted by atomic mass is 10.1. The molecule has 1 heterocycles. The number of nitrogens with two attached hydrogens (primary N) is 1. The van der Waals surface area contributed by atoms with E-state index in [0.29, 0.717) is 10.0 Å². The molecular formula is C14H16Cl2N2O4. The average Bonchev–Trinajstić information content (AvgIpc) is 2.78. The van der Waals surface area contributed by atoms with Gasteiger partial charge in [-0.25, -0.2) is 4.79 Å². The van der Waals surface area contributed by atoms with E-state index in [9.17, 15) is 9.59 Å². The zero-order chi connectivity index (χ0) is 16.3. The fourth-order valence-corrected chi connectivity index (χ4v) is 2.89. The molecule has 6 nitrogen and oxygen atoms in total. The number of amides is 1. The number of ether oxygens (including phenoxy) is 2. The van der Waals surface area contributed by atoms with Crippen molar-refractivity contribution in [3.63, 3.8) is 0 Å². The Labute approximate surface area is 138 Å². The largest absolute Gasteiger partial charge is 0.468 e. The number of carbonyl (C=O) groups is 2. The number of carbonyl (C=O) groups excluding carboxylic acids is 2.